The molecule has 0 radical (unpaired) electrons. The third-order valence-electron chi connectivity index (χ3n) is 3.81. The lowest BCUT2D eigenvalue weighted by molar-refractivity contribution is -0.119. The molecule has 1 amide bonds. The molecule has 1 N–H and O–H groups in total. The molecule has 27 heavy (non-hydrogen) atoms. The third kappa shape index (κ3) is 4.90. The predicted molar refractivity (Wildman–Crippen MR) is 111 cm³/mol. The molecular weight excluding hydrogens is 380 g/mol. The maximum Gasteiger partial charge on any atom is 0.230 e. The number of nitrogens with one attached hydrogen (secondary N) is 1. The standard InChI is InChI=1S/C20H21ClN4OS/c1-13(2)22-18(26)12-27-20-24-23-19(15-6-8-16(21)9-7-15)25(20)17-10-4-14(3)5-11-17/h4-11,13H,12H2,1-3H3,(H,22,26). The summed E-state index contributed by atoms with van der Waals surface area (Å²) in [6.07, 6.45) is 0. The Morgan fingerprint density at radius 3 is 2.41 bits per heavy atom. The lowest BCUT2D eigenvalue weighted by atomic mass is 10.2. The SMILES string of the molecule is Cc1ccc(-n2c(SCC(=O)NC(C)C)nnc2-c2ccc(Cl)cc2)cc1. The van der Waals surface area contributed by atoms with E-state index in [1.54, 1.807) is 0 Å². The van der Waals surface area contributed by atoms with Crippen LogP contribution < -0.4 is 5.32 Å². The zero-order chi connectivity index (χ0) is 19.4. The first-order valence-electron chi connectivity index (χ1n) is 8.64. The molecule has 3 rings (SSSR count). The molecule has 0 bridgehead atoms. The number of nitrogens with zero attached hydrogens (tertiary/aromatic N) is 3. The van der Waals surface area contributed by atoms with Gasteiger partial charge in [-0.3, -0.25) is 9.36 Å². The second-order valence-electron chi connectivity index (χ2n) is 6.49. The summed E-state index contributed by atoms with van der Waals surface area (Å²) in [7, 11) is 0. The van der Waals surface area contributed by atoms with E-state index in [2.05, 4.69) is 15.5 Å². The monoisotopic (exact) mass is 400 g/mol. The van der Waals surface area contributed by atoms with Gasteiger partial charge in [0.25, 0.3) is 0 Å². The number of thioether (sulfide) groups is 1. The van der Waals surface area contributed by atoms with Gasteiger partial charge < -0.3 is 5.32 Å². The molecule has 7 heteroatoms. The fourth-order valence-corrected chi connectivity index (χ4v) is 3.46. The molecule has 0 saturated heterocycles. The van der Waals surface area contributed by atoms with Gasteiger partial charge in [0, 0.05) is 22.3 Å². The van der Waals surface area contributed by atoms with E-state index in [4.69, 9.17) is 11.6 Å². The summed E-state index contributed by atoms with van der Waals surface area (Å²) in [5.41, 5.74) is 3.03. The van der Waals surface area contributed by atoms with Crippen molar-refractivity contribution >= 4 is 29.3 Å². The van der Waals surface area contributed by atoms with E-state index in [-0.39, 0.29) is 17.7 Å². The van der Waals surface area contributed by atoms with Crippen molar-refractivity contribution < 1.29 is 4.79 Å². The number of benzene rings is 2. The van der Waals surface area contributed by atoms with Crippen LogP contribution >= 0.6 is 23.4 Å². The van der Waals surface area contributed by atoms with Crippen molar-refractivity contribution in [2.75, 3.05) is 5.75 Å². The average Bonchev–Trinajstić information content (AvgIpc) is 3.04. The second kappa shape index (κ2) is 8.59. The summed E-state index contributed by atoms with van der Waals surface area (Å²) in [5, 5.41) is 12.9. The topological polar surface area (TPSA) is 59.8 Å². The number of hydrogen-bond donors (Lipinski definition) is 1. The Bertz CT molecular complexity index is 920. The van der Waals surface area contributed by atoms with Crippen LogP contribution in [0, 0.1) is 6.92 Å². The molecule has 1 heterocycles. The summed E-state index contributed by atoms with van der Waals surface area (Å²) in [4.78, 5) is 12.0. The average molecular weight is 401 g/mol. The normalized spacial score (nSPS) is 11.0. The van der Waals surface area contributed by atoms with E-state index >= 15 is 0 Å². The van der Waals surface area contributed by atoms with E-state index in [1.807, 2.05) is 73.9 Å². The predicted octanol–water partition coefficient (Wildman–Crippen LogP) is 4.51. The van der Waals surface area contributed by atoms with E-state index in [9.17, 15) is 4.79 Å². The molecule has 2 aromatic carbocycles. The molecule has 0 aliphatic rings. The molecule has 0 aliphatic heterocycles. The van der Waals surface area contributed by atoms with E-state index in [1.165, 1.54) is 17.3 Å². The van der Waals surface area contributed by atoms with Crippen LogP contribution in [-0.2, 0) is 4.79 Å². The van der Waals surface area contributed by atoms with E-state index in [0.29, 0.717) is 16.0 Å². The van der Waals surface area contributed by atoms with Crippen molar-refractivity contribution in [1.82, 2.24) is 20.1 Å². The van der Waals surface area contributed by atoms with Crippen molar-refractivity contribution in [3.8, 4) is 17.1 Å². The summed E-state index contributed by atoms with van der Waals surface area (Å²) in [6, 6.07) is 15.7. The lowest BCUT2D eigenvalue weighted by Gasteiger charge is -2.11. The Hall–Kier alpha value is -2.31. The Labute approximate surface area is 168 Å². The van der Waals surface area contributed by atoms with E-state index in [0.717, 1.165) is 11.3 Å². The van der Waals surface area contributed by atoms with Gasteiger partial charge in [-0.25, -0.2) is 0 Å². The molecule has 3 aromatic rings. The molecular formula is C20H21ClN4OS. The first-order valence-corrected chi connectivity index (χ1v) is 10.0. The van der Waals surface area contributed by atoms with Crippen molar-refractivity contribution in [2.45, 2.75) is 32.0 Å². The molecule has 0 atom stereocenters. The first kappa shape index (κ1) is 19.5. The van der Waals surface area contributed by atoms with Gasteiger partial charge in [0.2, 0.25) is 5.91 Å². The van der Waals surface area contributed by atoms with Crippen LogP contribution in [0.25, 0.3) is 17.1 Å². The number of rotatable bonds is 6. The number of carbonyl (C=O) groups is 1. The van der Waals surface area contributed by atoms with Crippen molar-refractivity contribution in [3.05, 3.63) is 59.1 Å². The molecule has 0 fully saturated rings. The number of halogens is 1. The smallest absolute Gasteiger partial charge is 0.230 e. The lowest BCUT2D eigenvalue weighted by Crippen LogP contribution is -2.31. The van der Waals surface area contributed by atoms with Crippen LogP contribution in [0.4, 0.5) is 0 Å². The molecule has 0 unspecified atom stereocenters. The number of aromatic nitrogens is 3. The number of amides is 1. The summed E-state index contributed by atoms with van der Waals surface area (Å²) in [5.74, 6) is 0.965. The quantitative estimate of drug-likeness (QED) is 0.618. The van der Waals surface area contributed by atoms with Gasteiger partial charge in [0.1, 0.15) is 0 Å². The van der Waals surface area contributed by atoms with Crippen molar-refractivity contribution in [2.24, 2.45) is 0 Å². The number of hydrogen-bond acceptors (Lipinski definition) is 4. The second-order valence-corrected chi connectivity index (χ2v) is 7.87. The van der Waals surface area contributed by atoms with Gasteiger partial charge in [-0.05, 0) is 57.2 Å². The fourth-order valence-electron chi connectivity index (χ4n) is 2.57. The van der Waals surface area contributed by atoms with Crippen LogP contribution in [0.2, 0.25) is 5.02 Å². The minimum Gasteiger partial charge on any atom is -0.353 e. The zero-order valence-corrected chi connectivity index (χ0v) is 17.0. The highest BCUT2D eigenvalue weighted by molar-refractivity contribution is 7.99. The Balaban J connectivity index is 1.97. The van der Waals surface area contributed by atoms with Crippen LogP contribution in [-0.4, -0.2) is 32.5 Å². The zero-order valence-electron chi connectivity index (χ0n) is 15.4. The molecule has 1 aromatic heterocycles. The van der Waals surface area contributed by atoms with Gasteiger partial charge in [-0.2, -0.15) is 0 Å². The third-order valence-corrected chi connectivity index (χ3v) is 4.99. The Kier molecular flexibility index (Phi) is 6.19. The van der Waals surface area contributed by atoms with Crippen LogP contribution in [0.5, 0.6) is 0 Å². The highest BCUT2D eigenvalue weighted by Crippen LogP contribution is 2.28. The largest absolute Gasteiger partial charge is 0.353 e. The molecule has 0 saturated carbocycles. The summed E-state index contributed by atoms with van der Waals surface area (Å²) in [6.45, 7) is 5.92. The Morgan fingerprint density at radius 1 is 1.11 bits per heavy atom. The summed E-state index contributed by atoms with van der Waals surface area (Å²) >= 11 is 7.38. The maximum atomic E-state index is 12.0. The van der Waals surface area contributed by atoms with Gasteiger partial charge in [0.15, 0.2) is 11.0 Å². The first-order chi connectivity index (χ1) is 12.9. The van der Waals surface area contributed by atoms with Gasteiger partial charge >= 0.3 is 0 Å². The molecule has 0 spiro atoms. The Morgan fingerprint density at radius 2 is 1.78 bits per heavy atom. The van der Waals surface area contributed by atoms with Crippen molar-refractivity contribution in [1.29, 1.82) is 0 Å². The van der Waals surface area contributed by atoms with E-state index < -0.39 is 0 Å². The molecule has 0 aliphatic carbocycles. The highest BCUT2D eigenvalue weighted by Gasteiger charge is 2.17. The number of aryl methyl sites for hydroxylation is 1. The molecule has 5 nitrogen and oxygen atoms in total. The van der Waals surface area contributed by atoms with Crippen molar-refractivity contribution in [3.63, 3.8) is 0 Å². The number of carbonyl (C=O) groups excluding carboxylic acids is 1. The molecule has 140 valence electrons. The minimum absolute atomic E-state index is 0.0264. The maximum absolute atomic E-state index is 12.0. The highest BCUT2D eigenvalue weighted by atomic mass is 35.5. The van der Waals surface area contributed by atoms with Crippen LogP contribution in [0.3, 0.4) is 0 Å². The van der Waals surface area contributed by atoms with Crippen LogP contribution in [0.1, 0.15) is 19.4 Å². The summed E-state index contributed by atoms with van der Waals surface area (Å²) < 4.78 is 1.97. The fraction of sp³-hybridized carbons (Fsp3) is 0.250. The van der Waals surface area contributed by atoms with Gasteiger partial charge in [0.05, 0.1) is 5.75 Å². The minimum atomic E-state index is -0.0264. The van der Waals surface area contributed by atoms with Gasteiger partial charge in [-0.1, -0.05) is 41.1 Å². The van der Waals surface area contributed by atoms with Gasteiger partial charge in [-0.15, -0.1) is 10.2 Å². The van der Waals surface area contributed by atoms with Crippen LogP contribution in [0.15, 0.2) is 53.7 Å².